The number of hydrogen-bond donors (Lipinski definition) is 2. The van der Waals surface area contributed by atoms with Gasteiger partial charge in [-0.1, -0.05) is 12.2 Å². The summed E-state index contributed by atoms with van der Waals surface area (Å²) in [5.74, 6) is 1.31. The highest BCUT2D eigenvalue weighted by atomic mass is 16.7. The first-order valence-corrected chi connectivity index (χ1v) is 8.24. The maximum Gasteiger partial charge on any atom is 0.231 e. The van der Waals surface area contributed by atoms with Crippen LogP contribution in [0.25, 0.3) is 0 Å². The second kappa shape index (κ2) is 5.74. The van der Waals surface area contributed by atoms with Gasteiger partial charge in [-0.05, 0) is 36.7 Å². The highest BCUT2D eigenvalue weighted by Crippen LogP contribution is 2.49. The van der Waals surface area contributed by atoms with E-state index in [0.29, 0.717) is 18.0 Å². The van der Waals surface area contributed by atoms with Gasteiger partial charge in [0.1, 0.15) is 0 Å². The predicted molar refractivity (Wildman–Crippen MR) is 87.1 cm³/mol. The number of aliphatic hydroxyl groups excluding tert-OH is 2. The zero-order valence-corrected chi connectivity index (χ0v) is 13.9. The molecule has 2 aliphatic heterocycles. The second-order valence-electron chi connectivity index (χ2n) is 6.79. The third-order valence-electron chi connectivity index (χ3n) is 5.68. The van der Waals surface area contributed by atoms with Crippen LogP contribution in [0, 0.1) is 0 Å². The minimum Gasteiger partial charge on any atom is -0.454 e. The molecule has 0 bridgehead atoms. The minimum atomic E-state index is -0.581. The van der Waals surface area contributed by atoms with Crippen LogP contribution >= 0.6 is 0 Å². The van der Waals surface area contributed by atoms with Crippen LogP contribution in [0.5, 0.6) is 11.5 Å². The summed E-state index contributed by atoms with van der Waals surface area (Å²) in [6.07, 6.45) is 4.33. The zero-order chi connectivity index (χ0) is 16.9. The SMILES string of the molecule is CO[C@@H]1C=C[C@@]2(c3cc4c(cc3CO)OCO4)[C@H](O)CN(C)[C@H]2C1. The molecule has 1 saturated heterocycles. The Morgan fingerprint density at radius 3 is 2.79 bits per heavy atom. The van der Waals surface area contributed by atoms with E-state index in [4.69, 9.17) is 14.2 Å². The molecule has 0 aromatic heterocycles. The van der Waals surface area contributed by atoms with Gasteiger partial charge in [-0.2, -0.15) is 0 Å². The van der Waals surface area contributed by atoms with E-state index in [1.807, 2.05) is 25.3 Å². The van der Waals surface area contributed by atoms with Crippen molar-refractivity contribution in [2.24, 2.45) is 0 Å². The molecule has 1 aromatic rings. The molecule has 6 heteroatoms. The van der Waals surface area contributed by atoms with Crippen LogP contribution in [0.1, 0.15) is 17.5 Å². The molecule has 1 aliphatic carbocycles. The van der Waals surface area contributed by atoms with Crippen LogP contribution < -0.4 is 9.47 Å². The highest BCUT2D eigenvalue weighted by molar-refractivity contribution is 5.54. The van der Waals surface area contributed by atoms with E-state index in [2.05, 4.69) is 11.0 Å². The van der Waals surface area contributed by atoms with Gasteiger partial charge in [0.15, 0.2) is 11.5 Å². The molecule has 0 spiro atoms. The summed E-state index contributed by atoms with van der Waals surface area (Å²) < 4.78 is 16.5. The summed E-state index contributed by atoms with van der Waals surface area (Å²) in [4.78, 5) is 2.17. The molecule has 3 aliphatic rings. The zero-order valence-electron chi connectivity index (χ0n) is 13.9. The molecule has 0 saturated carbocycles. The third-order valence-corrected chi connectivity index (χ3v) is 5.68. The van der Waals surface area contributed by atoms with Gasteiger partial charge in [0.2, 0.25) is 6.79 Å². The summed E-state index contributed by atoms with van der Waals surface area (Å²) in [7, 11) is 3.72. The van der Waals surface area contributed by atoms with E-state index in [-0.39, 0.29) is 25.5 Å². The number of fused-ring (bicyclic) bond motifs is 2. The number of nitrogens with zero attached hydrogens (tertiary/aromatic N) is 1. The summed E-state index contributed by atoms with van der Waals surface area (Å²) >= 11 is 0. The molecule has 2 N–H and O–H groups in total. The van der Waals surface area contributed by atoms with Crippen LogP contribution in [0.4, 0.5) is 0 Å². The summed E-state index contributed by atoms with van der Waals surface area (Å²) in [5, 5.41) is 20.8. The number of hydrogen-bond acceptors (Lipinski definition) is 6. The molecule has 0 unspecified atom stereocenters. The number of methoxy groups -OCH3 is 1. The monoisotopic (exact) mass is 333 g/mol. The van der Waals surface area contributed by atoms with E-state index in [9.17, 15) is 10.2 Å². The lowest BCUT2D eigenvalue weighted by Gasteiger charge is -2.42. The number of rotatable bonds is 3. The average Bonchev–Trinajstić information content (AvgIpc) is 3.16. The van der Waals surface area contributed by atoms with Gasteiger partial charge in [-0.3, -0.25) is 4.90 Å². The second-order valence-corrected chi connectivity index (χ2v) is 6.79. The first-order chi connectivity index (χ1) is 11.6. The Balaban J connectivity index is 1.89. The van der Waals surface area contributed by atoms with Crippen LogP contribution in [0.2, 0.25) is 0 Å². The van der Waals surface area contributed by atoms with E-state index in [1.54, 1.807) is 7.11 Å². The average molecular weight is 333 g/mol. The molecular weight excluding hydrogens is 310 g/mol. The lowest BCUT2D eigenvalue weighted by Crippen LogP contribution is -2.49. The van der Waals surface area contributed by atoms with Gasteiger partial charge in [0, 0.05) is 19.7 Å². The van der Waals surface area contributed by atoms with Gasteiger partial charge in [-0.25, -0.2) is 0 Å². The van der Waals surface area contributed by atoms with Crippen molar-refractivity contribution in [1.82, 2.24) is 4.90 Å². The number of likely N-dealkylation sites (tertiary alicyclic amines) is 1. The van der Waals surface area contributed by atoms with Crippen LogP contribution in [-0.4, -0.2) is 60.9 Å². The largest absolute Gasteiger partial charge is 0.454 e. The number of β-amino-alcohol motifs (C(OH)–C–C–N with tert-alkyl or cyclic N) is 1. The van der Waals surface area contributed by atoms with Gasteiger partial charge >= 0.3 is 0 Å². The van der Waals surface area contributed by atoms with Crippen LogP contribution in [0.15, 0.2) is 24.3 Å². The van der Waals surface area contributed by atoms with Gasteiger partial charge < -0.3 is 24.4 Å². The molecule has 0 radical (unpaired) electrons. The van der Waals surface area contributed by atoms with Crippen molar-refractivity contribution in [3.8, 4) is 11.5 Å². The third kappa shape index (κ3) is 2.10. The number of likely N-dealkylation sites (N-methyl/N-ethyl adjacent to an activating group) is 1. The van der Waals surface area contributed by atoms with Gasteiger partial charge in [0.05, 0.1) is 24.2 Å². The smallest absolute Gasteiger partial charge is 0.231 e. The summed E-state index contributed by atoms with van der Waals surface area (Å²) in [5.41, 5.74) is 1.09. The lowest BCUT2D eigenvalue weighted by atomic mass is 9.66. The van der Waals surface area contributed by atoms with Crippen molar-refractivity contribution in [2.45, 2.75) is 36.7 Å². The molecule has 0 amide bonds. The van der Waals surface area contributed by atoms with Crippen molar-refractivity contribution in [1.29, 1.82) is 0 Å². The molecule has 6 nitrogen and oxygen atoms in total. The Hall–Kier alpha value is -1.60. The number of benzene rings is 1. The van der Waals surface area contributed by atoms with Crippen LogP contribution in [0.3, 0.4) is 0 Å². The molecular formula is C18H23NO5. The Kier molecular flexibility index (Phi) is 3.80. The van der Waals surface area contributed by atoms with Crippen molar-refractivity contribution < 1.29 is 24.4 Å². The fraction of sp³-hybridized carbons (Fsp3) is 0.556. The molecule has 2 heterocycles. The maximum absolute atomic E-state index is 10.9. The van der Waals surface area contributed by atoms with Gasteiger partial charge in [0.25, 0.3) is 0 Å². The van der Waals surface area contributed by atoms with Crippen molar-refractivity contribution in [2.75, 3.05) is 27.5 Å². The number of aliphatic hydroxyl groups is 2. The standard InChI is InChI=1S/C18H23NO5/c1-19-8-17(21)18(4-3-12(22-2)6-16(18)19)13-7-15-14(23-10-24-15)5-11(13)9-20/h3-5,7,12,16-17,20-21H,6,8-10H2,1-2H3/t12-,16+,17-,18+/m1/s1. The van der Waals surface area contributed by atoms with E-state index in [0.717, 1.165) is 17.5 Å². The Labute approximate surface area is 141 Å². The van der Waals surface area contributed by atoms with Crippen molar-refractivity contribution in [3.63, 3.8) is 0 Å². The van der Waals surface area contributed by atoms with Gasteiger partial charge in [-0.15, -0.1) is 0 Å². The molecule has 4 rings (SSSR count). The molecule has 1 aromatic carbocycles. The van der Waals surface area contributed by atoms with E-state index in [1.165, 1.54) is 0 Å². The normalized spacial score (nSPS) is 34.6. The molecule has 24 heavy (non-hydrogen) atoms. The Morgan fingerprint density at radius 1 is 1.33 bits per heavy atom. The minimum absolute atomic E-state index is 0.0301. The molecule has 1 fully saturated rings. The fourth-order valence-corrected chi connectivity index (χ4v) is 4.44. The predicted octanol–water partition coefficient (Wildman–Crippen LogP) is 0.795. The maximum atomic E-state index is 10.9. The van der Waals surface area contributed by atoms with Crippen molar-refractivity contribution in [3.05, 3.63) is 35.4 Å². The molecule has 130 valence electrons. The highest BCUT2D eigenvalue weighted by Gasteiger charge is 2.55. The number of ether oxygens (including phenoxy) is 3. The first kappa shape index (κ1) is 15.9. The molecule has 4 atom stereocenters. The Bertz CT molecular complexity index is 676. The van der Waals surface area contributed by atoms with Crippen LogP contribution in [-0.2, 0) is 16.8 Å². The first-order valence-electron chi connectivity index (χ1n) is 8.24. The lowest BCUT2D eigenvalue weighted by molar-refractivity contribution is 0.0771. The topological polar surface area (TPSA) is 71.4 Å². The van der Waals surface area contributed by atoms with Crippen molar-refractivity contribution >= 4 is 0 Å². The quantitative estimate of drug-likeness (QED) is 0.797. The summed E-state index contributed by atoms with van der Waals surface area (Å²) in [6, 6.07) is 3.83. The van der Waals surface area contributed by atoms with E-state index >= 15 is 0 Å². The Morgan fingerprint density at radius 2 is 2.08 bits per heavy atom. The fourth-order valence-electron chi connectivity index (χ4n) is 4.44. The summed E-state index contributed by atoms with van der Waals surface area (Å²) in [6.45, 7) is 0.646. The van der Waals surface area contributed by atoms with E-state index < -0.39 is 11.5 Å².